The van der Waals surface area contributed by atoms with E-state index in [0.29, 0.717) is 17.3 Å². The molecule has 140 valence electrons. The number of anilines is 1. The van der Waals surface area contributed by atoms with Gasteiger partial charge in [0, 0.05) is 17.6 Å². The molecule has 1 N–H and O–H groups in total. The van der Waals surface area contributed by atoms with Gasteiger partial charge in [0.05, 0.1) is 5.39 Å². The van der Waals surface area contributed by atoms with E-state index in [-0.39, 0.29) is 17.2 Å². The van der Waals surface area contributed by atoms with Crippen molar-refractivity contribution >= 4 is 22.4 Å². The van der Waals surface area contributed by atoms with Gasteiger partial charge in [-0.2, -0.15) is 5.10 Å². The first-order valence-electron chi connectivity index (χ1n) is 9.46. The van der Waals surface area contributed by atoms with Crippen LogP contribution in [0.2, 0.25) is 0 Å². The van der Waals surface area contributed by atoms with Crippen molar-refractivity contribution in [3.8, 4) is 0 Å². The van der Waals surface area contributed by atoms with Crippen molar-refractivity contribution in [3.05, 3.63) is 69.6 Å². The van der Waals surface area contributed by atoms with Crippen molar-refractivity contribution in [2.24, 2.45) is 0 Å². The zero-order valence-corrected chi connectivity index (χ0v) is 16.1. The van der Waals surface area contributed by atoms with Crippen LogP contribution in [0.15, 0.2) is 47.3 Å². The molecule has 0 aliphatic heterocycles. The van der Waals surface area contributed by atoms with Gasteiger partial charge in [-0.05, 0) is 37.0 Å². The summed E-state index contributed by atoms with van der Waals surface area (Å²) in [7, 11) is 0. The van der Waals surface area contributed by atoms with Gasteiger partial charge in [-0.3, -0.25) is 9.59 Å². The van der Waals surface area contributed by atoms with Crippen LogP contribution in [-0.2, 0) is 13.0 Å². The van der Waals surface area contributed by atoms with Crippen LogP contribution in [-0.4, -0.2) is 15.7 Å². The average Bonchev–Trinajstić information content (AvgIpc) is 2.69. The Labute approximate surface area is 159 Å². The lowest BCUT2D eigenvalue weighted by molar-refractivity contribution is 0.102. The number of fused-ring (bicyclic) bond motifs is 1. The van der Waals surface area contributed by atoms with Crippen LogP contribution in [0.25, 0.3) is 10.8 Å². The molecule has 0 aliphatic rings. The summed E-state index contributed by atoms with van der Waals surface area (Å²) in [6.45, 7) is 6.60. The highest BCUT2D eigenvalue weighted by atomic mass is 16.2. The minimum Gasteiger partial charge on any atom is -0.320 e. The molecule has 0 saturated heterocycles. The highest BCUT2D eigenvalue weighted by Crippen LogP contribution is 2.23. The Hall–Kier alpha value is -2.95. The molecule has 0 spiro atoms. The van der Waals surface area contributed by atoms with E-state index in [1.165, 1.54) is 4.68 Å². The second kappa shape index (κ2) is 8.16. The Morgan fingerprint density at radius 3 is 2.52 bits per heavy atom. The van der Waals surface area contributed by atoms with E-state index < -0.39 is 0 Å². The fraction of sp³-hybridized carbons (Fsp3) is 0.318. The summed E-state index contributed by atoms with van der Waals surface area (Å²) in [6.07, 6.45) is 2.61. The van der Waals surface area contributed by atoms with Gasteiger partial charge in [-0.1, -0.05) is 56.7 Å². The zero-order valence-electron chi connectivity index (χ0n) is 16.1. The molecular formula is C22H25N3O2. The summed E-state index contributed by atoms with van der Waals surface area (Å²) < 4.78 is 1.42. The average molecular weight is 363 g/mol. The Balaban J connectivity index is 2.09. The largest absolute Gasteiger partial charge is 0.320 e. The number of aromatic nitrogens is 2. The van der Waals surface area contributed by atoms with E-state index >= 15 is 0 Å². The number of carbonyl (C=O) groups is 1. The highest BCUT2D eigenvalue weighted by molar-refractivity contribution is 6.11. The SMILES string of the molecule is CCCCn1nc(C(=O)Nc2c(C)cccc2CC)c2ccccc2c1=O. The number of benzene rings is 2. The minimum atomic E-state index is -0.291. The third-order valence-corrected chi connectivity index (χ3v) is 4.78. The summed E-state index contributed by atoms with van der Waals surface area (Å²) in [5.41, 5.74) is 3.04. The van der Waals surface area contributed by atoms with Gasteiger partial charge in [0.25, 0.3) is 11.5 Å². The number of rotatable bonds is 6. The molecule has 1 heterocycles. The zero-order chi connectivity index (χ0) is 19.4. The lowest BCUT2D eigenvalue weighted by atomic mass is 10.1. The number of hydrogen-bond acceptors (Lipinski definition) is 3. The number of hydrogen-bond donors (Lipinski definition) is 1. The summed E-state index contributed by atoms with van der Waals surface area (Å²) in [6, 6.07) is 13.1. The number of nitrogens with zero attached hydrogens (tertiary/aromatic N) is 2. The van der Waals surface area contributed by atoms with Crippen molar-refractivity contribution in [2.45, 2.75) is 46.6 Å². The first-order valence-corrected chi connectivity index (χ1v) is 9.46. The second-order valence-electron chi connectivity index (χ2n) is 6.69. The lowest BCUT2D eigenvalue weighted by Gasteiger charge is -2.14. The summed E-state index contributed by atoms with van der Waals surface area (Å²) in [4.78, 5) is 25.8. The van der Waals surface area contributed by atoms with Crippen LogP contribution in [0.5, 0.6) is 0 Å². The molecule has 3 aromatic rings. The molecule has 0 unspecified atom stereocenters. The first-order chi connectivity index (χ1) is 13.1. The van der Waals surface area contributed by atoms with Crippen LogP contribution < -0.4 is 10.9 Å². The summed E-state index contributed by atoms with van der Waals surface area (Å²) in [5.74, 6) is -0.291. The van der Waals surface area contributed by atoms with E-state index in [1.54, 1.807) is 12.1 Å². The smallest absolute Gasteiger partial charge is 0.276 e. The monoisotopic (exact) mass is 363 g/mol. The van der Waals surface area contributed by atoms with E-state index in [4.69, 9.17) is 0 Å². The molecule has 27 heavy (non-hydrogen) atoms. The van der Waals surface area contributed by atoms with Crippen LogP contribution in [0.3, 0.4) is 0 Å². The highest BCUT2D eigenvalue weighted by Gasteiger charge is 2.18. The second-order valence-corrected chi connectivity index (χ2v) is 6.69. The van der Waals surface area contributed by atoms with Crippen LogP contribution in [0, 0.1) is 6.92 Å². The number of unbranched alkanes of at least 4 members (excludes halogenated alkanes) is 1. The molecule has 0 bridgehead atoms. The summed E-state index contributed by atoms with van der Waals surface area (Å²) >= 11 is 0. The Bertz CT molecular complexity index is 1040. The predicted octanol–water partition coefficient (Wildman–Crippen LogP) is 4.32. The maximum atomic E-state index is 13.1. The number of carbonyl (C=O) groups excluding carboxylic acids is 1. The number of nitrogens with one attached hydrogen (secondary N) is 1. The van der Waals surface area contributed by atoms with Crippen molar-refractivity contribution in [1.82, 2.24) is 9.78 Å². The molecule has 0 fully saturated rings. The quantitative estimate of drug-likeness (QED) is 0.709. The fourth-order valence-electron chi connectivity index (χ4n) is 3.24. The molecule has 1 aromatic heterocycles. The van der Waals surface area contributed by atoms with Crippen LogP contribution in [0.1, 0.15) is 48.3 Å². The molecule has 3 rings (SSSR count). The van der Waals surface area contributed by atoms with E-state index in [1.807, 2.05) is 37.3 Å². The molecule has 1 amide bonds. The third-order valence-electron chi connectivity index (χ3n) is 4.78. The Morgan fingerprint density at radius 1 is 1.07 bits per heavy atom. The van der Waals surface area contributed by atoms with Gasteiger partial charge < -0.3 is 5.32 Å². The maximum Gasteiger partial charge on any atom is 0.276 e. The molecule has 0 saturated carbocycles. The van der Waals surface area contributed by atoms with Crippen molar-refractivity contribution in [3.63, 3.8) is 0 Å². The van der Waals surface area contributed by atoms with Crippen molar-refractivity contribution in [2.75, 3.05) is 5.32 Å². The summed E-state index contributed by atoms with van der Waals surface area (Å²) in [5, 5.41) is 8.54. The molecule has 5 heteroatoms. The maximum absolute atomic E-state index is 13.1. The van der Waals surface area contributed by atoms with E-state index in [0.717, 1.165) is 36.1 Å². The molecule has 5 nitrogen and oxygen atoms in total. The van der Waals surface area contributed by atoms with Gasteiger partial charge in [0.15, 0.2) is 5.69 Å². The normalized spacial score (nSPS) is 10.9. The van der Waals surface area contributed by atoms with E-state index in [2.05, 4.69) is 24.3 Å². The minimum absolute atomic E-state index is 0.152. The third kappa shape index (κ3) is 3.77. The van der Waals surface area contributed by atoms with Crippen molar-refractivity contribution < 1.29 is 4.79 Å². The lowest BCUT2D eigenvalue weighted by Crippen LogP contribution is -2.28. The predicted molar refractivity (Wildman–Crippen MR) is 109 cm³/mol. The number of para-hydroxylation sites is 1. The molecule has 0 radical (unpaired) electrons. The van der Waals surface area contributed by atoms with Gasteiger partial charge in [0.1, 0.15) is 0 Å². The number of amides is 1. The molecule has 0 atom stereocenters. The molecule has 0 aliphatic carbocycles. The molecule has 2 aromatic carbocycles. The Morgan fingerprint density at radius 2 is 1.81 bits per heavy atom. The van der Waals surface area contributed by atoms with Gasteiger partial charge in [-0.25, -0.2) is 4.68 Å². The van der Waals surface area contributed by atoms with Crippen LogP contribution >= 0.6 is 0 Å². The fourth-order valence-corrected chi connectivity index (χ4v) is 3.24. The van der Waals surface area contributed by atoms with Crippen molar-refractivity contribution in [1.29, 1.82) is 0 Å². The molecular weight excluding hydrogens is 338 g/mol. The van der Waals surface area contributed by atoms with E-state index in [9.17, 15) is 9.59 Å². The topological polar surface area (TPSA) is 64.0 Å². The number of aryl methyl sites for hydroxylation is 3. The Kier molecular flexibility index (Phi) is 5.69. The van der Waals surface area contributed by atoms with Gasteiger partial charge in [-0.15, -0.1) is 0 Å². The first kappa shape index (κ1) is 18.8. The van der Waals surface area contributed by atoms with Crippen LogP contribution in [0.4, 0.5) is 5.69 Å². The standard InChI is InChI=1S/C22H25N3O2/c1-4-6-14-25-22(27)18-13-8-7-12-17(18)20(24-25)21(26)23-19-15(3)10-9-11-16(19)5-2/h7-13H,4-6,14H2,1-3H3,(H,23,26). The van der Waals surface area contributed by atoms with Gasteiger partial charge >= 0.3 is 0 Å². The van der Waals surface area contributed by atoms with Gasteiger partial charge in [0.2, 0.25) is 0 Å².